The quantitative estimate of drug-likeness (QED) is 0.936. The smallest absolute Gasteiger partial charge is 0.253 e. The molecule has 1 unspecified atom stereocenters. The molecule has 100 valence electrons. The van der Waals surface area contributed by atoms with Crippen LogP contribution in [0.15, 0.2) is 45.5 Å². The molecule has 0 saturated carbocycles. The molecule has 1 atom stereocenters. The molecule has 0 aliphatic rings. The molecule has 1 N–H and O–H groups in total. The van der Waals surface area contributed by atoms with Crippen LogP contribution < -0.4 is 10.1 Å². The van der Waals surface area contributed by atoms with Gasteiger partial charge < -0.3 is 14.5 Å². The summed E-state index contributed by atoms with van der Waals surface area (Å²) >= 11 is 3.36. The number of rotatable bonds is 4. The topological polar surface area (TPSA) is 51.5 Å². The van der Waals surface area contributed by atoms with Gasteiger partial charge in [0.05, 0.1) is 25.0 Å². The van der Waals surface area contributed by atoms with Gasteiger partial charge in [0.1, 0.15) is 11.5 Å². The number of methoxy groups -OCH3 is 1. The molecule has 0 fully saturated rings. The summed E-state index contributed by atoms with van der Waals surface area (Å²) in [6, 6.07) is 8.68. The molecular formula is C14H14BrNO3. The van der Waals surface area contributed by atoms with E-state index < -0.39 is 0 Å². The predicted molar refractivity (Wildman–Crippen MR) is 75.3 cm³/mol. The highest BCUT2D eigenvalue weighted by atomic mass is 79.9. The SMILES string of the molecule is COc1ccc(Br)c(C(=O)NC(C)c2ccco2)c1. The highest BCUT2D eigenvalue weighted by molar-refractivity contribution is 9.10. The van der Waals surface area contributed by atoms with E-state index in [0.717, 1.165) is 4.47 Å². The Morgan fingerprint density at radius 3 is 2.84 bits per heavy atom. The zero-order valence-corrected chi connectivity index (χ0v) is 12.2. The Morgan fingerprint density at radius 1 is 1.42 bits per heavy atom. The molecular weight excluding hydrogens is 310 g/mol. The molecule has 0 aliphatic carbocycles. The molecule has 2 aromatic rings. The van der Waals surface area contributed by atoms with E-state index in [1.165, 1.54) is 0 Å². The van der Waals surface area contributed by atoms with E-state index in [2.05, 4.69) is 21.2 Å². The Kier molecular flexibility index (Phi) is 4.27. The van der Waals surface area contributed by atoms with Crippen molar-refractivity contribution in [2.75, 3.05) is 7.11 Å². The van der Waals surface area contributed by atoms with E-state index in [-0.39, 0.29) is 11.9 Å². The van der Waals surface area contributed by atoms with Crippen molar-refractivity contribution in [3.63, 3.8) is 0 Å². The number of halogens is 1. The fourth-order valence-corrected chi connectivity index (χ4v) is 2.12. The van der Waals surface area contributed by atoms with Gasteiger partial charge in [-0.3, -0.25) is 4.79 Å². The summed E-state index contributed by atoms with van der Waals surface area (Å²) in [6.45, 7) is 1.87. The number of nitrogens with one attached hydrogen (secondary N) is 1. The van der Waals surface area contributed by atoms with Crippen molar-refractivity contribution >= 4 is 21.8 Å². The average Bonchev–Trinajstić information content (AvgIpc) is 2.93. The Bertz CT molecular complexity index is 566. The molecule has 0 bridgehead atoms. The van der Waals surface area contributed by atoms with Crippen molar-refractivity contribution in [1.82, 2.24) is 5.32 Å². The van der Waals surface area contributed by atoms with Crippen molar-refractivity contribution in [2.24, 2.45) is 0 Å². The normalized spacial score (nSPS) is 11.9. The molecule has 5 heteroatoms. The molecule has 19 heavy (non-hydrogen) atoms. The number of carbonyl (C=O) groups excluding carboxylic acids is 1. The number of amides is 1. The van der Waals surface area contributed by atoms with Gasteiger partial charge in [-0.25, -0.2) is 0 Å². The first-order chi connectivity index (χ1) is 9.11. The van der Waals surface area contributed by atoms with Gasteiger partial charge in [0, 0.05) is 4.47 Å². The monoisotopic (exact) mass is 323 g/mol. The number of benzene rings is 1. The molecule has 4 nitrogen and oxygen atoms in total. The highest BCUT2D eigenvalue weighted by Gasteiger charge is 2.16. The maximum atomic E-state index is 12.2. The molecule has 1 heterocycles. The zero-order chi connectivity index (χ0) is 13.8. The fourth-order valence-electron chi connectivity index (χ4n) is 1.69. The molecule has 2 rings (SSSR count). The van der Waals surface area contributed by atoms with E-state index in [4.69, 9.17) is 9.15 Å². The van der Waals surface area contributed by atoms with Crippen LogP contribution in [0.25, 0.3) is 0 Å². The third-order valence-corrected chi connectivity index (χ3v) is 3.43. The lowest BCUT2D eigenvalue weighted by Gasteiger charge is -2.13. The summed E-state index contributed by atoms with van der Waals surface area (Å²) < 4.78 is 11.1. The fraction of sp³-hybridized carbons (Fsp3) is 0.214. The minimum atomic E-state index is -0.194. The predicted octanol–water partition coefficient (Wildman–Crippen LogP) is 3.54. The third kappa shape index (κ3) is 3.17. The average molecular weight is 324 g/mol. The number of ether oxygens (including phenoxy) is 1. The Labute approximate surface area is 119 Å². The van der Waals surface area contributed by atoms with Crippen molar-refractivity contribution in [3.8, 4) is 5.75 Å². The molecule has 0 aliphatic heterocycles. The van der Waals surface area contributed by atoms with Crippen LogP contribution in [0.1, 0.15) is 29.1 Å². The second-order valence-electron chi connectivity index (χ2n) is 4.06. The third-order valence-electron chi connectivity index (χ3n) is 2.74. The van der Waals surface area contributed by atoms with Gasteiger partial charge in [-0.15, -0.1) is 0 Å². The van der Waals surface area contributed by atoms with E-state index in [1.54, 1.807) is 37.6 Å². The van der Waals surface area contributed by atoms with Crippen LogP contribution in [0.3, 0.4) is 0 Å². The number of furan rings is 1. The van der Waals surface area contributed by atoms with Gasteiger partial charge in [-0.05, 0) is 53.2 Å². The van der Waals surface area contributed by atoms with Crippen molar-refractivity contribution in [2.45, 2.75) is 13.0 Å². The second kappa shape index (κ2) is 5.93. The lowest BCUT2D eigenvalue weighted by Crippen LogP contribution is -2.26. The number of carbonyl (C=O) groups is 1. The largest absolute Gasteiger partial charge is 0.497 e. The van der Waals surface area contributed by atoms with Crippen LogP contribution in [-0.4, -0.2) is 13.0 Å². The minimum Gasteiger partial charge on any atom is -0.497 e. The first-order valence-corrected chi connectivity index (χ1v) is 6.59. The molecule has 0 saturated heterocycles. The summed E-state index contributed by atoms with van der Waals surface area (Å²) in [4.78, 5) is 12.2. The van der Waals surface area contributed by atoms with Gasteiger partial charge in [-0.1, -0.05) is 0 Å². The van der Waals surface area contributed by atoms with Gasteiger partial charge in [0.15, 0.2) is 0 Å². The van der Waals surface area contributed by atoms with Crippen LogP contribution in [0.4, 0.5) is 0 Å². The molecule has 1 aromatic heterocycles. The number of hydrogen-bond acceptors (Lipinski definition) is 3. The summed E-state index contributed by atoms with van der Waals surface area (Å²) in [6.07, 6.45) is 1.58. The van der Waals surface area contributed by atoms with Crippen LogP contribution in [0.2, 0.25) is 0 Å². The van der Waals surface area contributed by atoms with Crippen molar-refractivity contribution in [1.29, 1.82) is 0 Å². The van der Waals surface area contributed by atoms with Gasteiger partial charge in [0.2, 0.25) is 0 Å². The standard InChI is InChI=1S/C14H14BrNO3/c1-9(13-4-3-7-19-13)16-14(17)11-8-10(18-2)5-6-12(11)15/h3-9H,1-2H3,(H,16,17). The molecule has 1 aromatic carbocycles. The second-order valence-corrected chi connectivity index (χ2v) is 4.91. The molecule has 0 spiro atoms. The highest BCUT2D eigenvalue weighted by Crippen LogP contribution is 2.23. The summed E-state index contributed by atoms with van der Waals surface area (Å²) in [5.74, 6) is 1.17. The van der Waals surface area contributed by atoms with Gasteiger partial charge in [0.25, 0.3) is 5.91 Å². The van der Waals surface area contributed by atoms with E-state index >= 15 is 0 Å². The zero-order valence-electron chi connectivity index (χ0n) is 10.6. The van der Waals surface area contributed by atoms with Gasteiger partial charge >= 0.3 is 0 Å². The summed E-state index contributed by atoms with van der Waals surface area (Å²) in [5, 5.41) is 2.87. The summed E-state index contributed by atoms with van der Waals surface area (Å²) in [7, 11) is 1.57. The first kappa shape index (κ1) is 13.7. The van der Waals surface area contributed by atoms with Crippen LogP contribution in [0.5, 0.6) is 5.75 Å². The van der Waals surface area contributed by atoms with Gasteiger partial charge in [-0.2, -0.15) is 0 Å². The van der Waals surface area contributed by atoms with E-state index in [9.17, 15) is 4.79 Å². The lowest BCUT2D eigenvalue weighted by atomic mass is 10.1. The van der Waals surface area contributed by atoms with Crippen molar-refractivity contribution in [3.05, 3.63) is 52.4 Å². The summed E-state index contributed by atoms with van der Waals surface area (Å²) in [5.41, 5.74) is 0.526. The molecule has 1 amide bonds. The number of hydrogen-bond donors (Lipinski definition) is 1. The lowest BCUT2D eigenvalue weighted by molar-refractivity contribution is 0.0934. The van der Waals surface area contributed by atoms with Crippen molar-refractivity contribution < 1.29 is 13.9 Å². The minimum absolute atomic E-state index is 0.185. The Hall–Kier alpha value is -1.75. The van der Waals surface area contributed by atoms with E-state index in [0.29, 0.717) is 17.1 Å². The molecule has 0 radical (unpaired) electrons. The van der Waals surface area contributed by atoms with E-state index in [1.807, 2.05) is 13.0 Å². The van der Waals surface area contributed by atoms with Crippen LogP contribution in [0, 0.1) is 0 Å². The maximum Gasteiger partial charge on any atom is 0.253 e. The van der Waals surface area contributed by atoms with Crippen LogP contribution in [-0.2, 0) is 0 Å². The first-order valence-electron chi connectivity index (χ1n) is 5.79. The Morgan fingerprint density at radius 2 is 2.21 bits per heavy atom. The Balaban J connectivity index is 2.16. The van der Waals surface area contributed by atoms with Crippen LogP contribution >= 0.6 is 15.9 Å². The maximum absolute atomic E-state index is 12.2.